The van der Waals surface area contributed by atoms with Gasteiger partial charge >= 0.3 is 6.18 Å². The average Bonchev–Trinajstić information content (AvgIpc) is 2.63. The summed E-state index contributed by atoms with van der Waals surface area (Å²) >= 11 is 1.69. The van der Waals surface area contributed by atoms with Crippen LogP contribution in [-0.2, 0) is 7.05 Å². The van der Waals surface area contributed by atoms with Crippen molar-refractivity contribution < 1.29 is 13.2 Å². The molecule has 1 atom stereocenters. The van der Waals surface area contributed by atoms with E-state index in [1.807, 2.05) is 0 Å². The first-order valence-electron chi connectivity index (χ1n) is 5.33. The van der Waals surface area contributed by atoms with Crippen molar-refractivity contribution in [2.75, 3.05) is 24.6 Å². The first-order valence-corrected chi connectivity index (χ1v) is 6.48. The molecular weight excluding hydrogens is 287 g/mol. The average molecular weight is 302 g/mol. The van der Waals surface area contributed by atoms with Gasteiger partial charge in [0.25, 0.3) is 0 Å². The van der Waals surface area contributed by atoms with E-state index >= 15 is 0 Å². The lowest BCUT2D eigenvalue weighted by molar-refractivity contribution is -0.150. The van der Waals surface area contributed by atoms with E-state index in [-0.39, 0.29) is 18.4 Å². The van der Waals surface area contributed by atoms with Crippen LogP contribution in [0.25, 0.3) is 0 Å². The van der Waals surface area contributed by atoms with Crippen molar-refractivity contribution in [1.82, 2.24) is 14.7 Å². The minimum absolute atomic E-state index is 0. The second-order valence-electron chi connectivity index (χ2n) is 4.12. The standard InChI is InChI=1S/C10H14F3N3S.ClH/c1-15-5-8(4-14-15)9-6-17-3-2-16(9)7-10(11,12)13;/h4-5,9H,2-3,6-7H2,1H3;1H. The number of alkyl halides is 3. The minimum atomic E-state index is -4.14. The van der Waals surface area contributed by atoms with Crippen molar-refractivity contribution in [3.8, 4) is 0 Å². The lowest BCUT2D eigenvalue weighted by atomic mass is 10.1. The van der Waals surface area contributed by atoms with Crippen molar-refractivity contribution in [3.05, 3.63) is 18.0 Å². The molecule has 8 heteroatoms. The first kappa shape index (κ1) is 15.7. The van der Waals surface area contributed by atoms with E-state index < -0.39 is 12.7 Å². The normalized spacial score (nSPS) is 21.7. The Morgan fingerprint density at radius 3 is 2.78 bits per heavy atom. The zero-order valence-electron chi connectivity index (χ0n) is 9.85. The highest BCUT2D eigenvalue weighted by molar-refractivity contribution is 7.99. The molecule has 18 heavy (non-hydrogen) atoms. The van der Waals surface area contributed by atoms with Gasteiger partial charge in [0.15, 0.2) is 0 Å². The molecule has 104 valence electrons. The number of hydrogen-bond acceptors (Lipinski definition) is 3. The van der Waals surface area contributed by atoms with E-state index in [0.717, 1.165) is 11.3 Å². The maximum absolute atomic E-state index is 12.5. The third kappa shape index (κ3) is 4.07. The molecule has 0 radical (unpaired) electrons. The number of aryl methyl sites for hydroxylation is 1. The molecule has 1 saturated heterocycles. The molecule has 1 aromatic heterocycles. The van der Waals surface area contributed by atoms with Gasteiger partial charge < -0.3 is 0 Å². The molecule has 0 spiro atoms. The van der Waals surface area contributed by atoms with Crippen LogP contribution >= 0.6 is 24.2 Å². The van der Waals surface area contributed by atoms with Crippen molar-refractivity contribution >= 4 is 24.2 Å². The summed E-state index contributed by atoms with van der Waals surface area (Å²) in [5, 5.41) is 4.02. The molecule has 2 heterocycles. The predicted octanol–water partition coefficient (Wildman–Crippen LogP) is 2.49. The van der Waals surface area contributed by atoms with E-state index in [1.165, 1.54) is 4.90 Å². The van der Waals surface area contributed by atoms with Gasteiger partial charge in [-0.15, -0.1) is 12.4 Å². The summed E-state index contributed by atoms with van der Waals surface area (Å²) in [5.41, 5.74) is 0.865. The van der Waals surface area contributed by atoms with Crippen LogP contribution in [0.15, 0.2) is 12.4 Å². The molecule has 1 aromatic rings. The molecule has 1 fully saturated rings. The van der Waals surface area contributed by atoms with Crippen molar-refractivity contribution in [3.63, 3.8) is 0 Å². The summed E-state index contributed by atoms with van der Waals surface area (Å²) in [7, 11) is 1.77. The van der Waals surface area contributed by atoms with E-state index in [9.17, 15) is 13.2 Å². The number of rotatable bonds is 2. The Labute approximate surface area is 114 Å². The summed E-state index contributed by atoms with van der Waals surface area (Å²) in [6.07, 6.45) is -0.692. The van der Waals surface area contributed by atoms with Crippen LogP contribution in [-0.4, -0.2) is 45.5 Å². The first-order chi connectivity index (χ1) is 7.96. The van der Waals surface area contributed by atoms with Gasteiger partial charge in [-0.05, 0) is 0 Å². The number of aromatic nitrogens is 2. The fraction of sp³-hybridized carbons (Fsp3) is 0.700. The highest BCUT2D eigenvalue weighted by atomic mass is 35.5. The Kier molecular flexibility index (Phi) is 5.36. The van der Waals surface area contributed by atoms with Crippen LogP contribution in [0.3, 0.4) is 0 Å². The van der Waals surface area contributed by atoms with Crippen LogP contribution in [0.1, 0.15) is 11.6 Å². The van der Waals surface area contributed by atoms with Gasteiger partial charge in [-0.3, -0.25) is 9.58 Å². The summed E-state index contributed by atoms with van der Waals surface area (Å²) in [5.74, 6) is 1.45. The van der Waals surface area contributed by atoms with Crippen molar-refractivity contribution in [2.24, 2.45) is 7.05 Å². The molecule has 1 unspecified atom stereocenters. The van der Waals surface area contributed by atoms with Gasteiger partial charge in [-0.2, -0.15) is 30.0 Å². The Morgan fingerprint density at radius 2 is 2.22 bits per heavy atom. The van der Waals surface area contributed by atoms with Gasteiger partial charge in [0, 0.05) is 42.9 Å². The largest absolute Gasteiger partial charge is 0.401 e. The van der Waals surface area contributed by atoms with Crippen molar-refractivity contribution in [1.29, 1.82) is 0 Å². The Morgan fingerprint density at radius 1 is 1.50 bits per heavy atom. The molecule has 3 nitrogen and oxygen atoms in total. The molecule has 1 aliphatic rings. The second kappa shape index (κ2) is 6.16. The van der Waals surface area contributed by atoms with Gasteiger partial charge in [0.05, 0.1) is 12.7 Å². The van der Waals surface area contributed by atoms with E-state index in [2.05, 4.69) is 5.10 Å². The van der Waals surface area contributed by atoms with Crippen LogP contribution in [0, 0.1) is 0 Å². The molecule has 2 rings (SSSR count). The zero-order valence-corrected chi connectivity index (χ0v) is 11.5. The highest BCUT2D eigenvalue weighted by Gasteiger charge is 2.35. The molecule has 1 aliphatic heterocycles. The van der Waals surface area contributed by atoms with Crippen LogP contribution in [0.2, 0.25) is 0 Å². The minimum Gasteiger partial charge on any atom is -0.286 e. The number of hydrogen-bond donors (Lipinski definition) is 0. The maximum atomic E-state index is 12.5. The Balaban J connectivity index is 0.00000162. The molecule has 0 amide bonds. The SMILES string of the molecule is Cl.Cn1cc(C2CSCCN2CC(F)(F)F)cn1. The summed E-state index contributed by atoms with van der Waals surface area (Å²) in [6, 6.07) is -0.177. The molecule has 0 saturated carbocycles. The van der Waals surface area contributed by atoms with E-state index in [1.54, 1.807) is 35.9 Å². The van der Waals surface area contributed by atoms with E-state index in [0.29, 0.717) is 12.3 Å². The van der Waals surface area contributed by atoms with Gasteiger partial charge in [-0.25, -0.2) is 0 Å². The zero-order chi connectivity index (χ0) is 12.5. The Bertz CT molecular complexity index is 383. The lowest BCUT2D eigenvalue weighted by Gasteiger charge is -2.35. The van der Waals surface area contributed by atoms with Crippen LogP contribution in [0.5, 0.6) is 0 Å². The molecule has 0 bridgehead atoms. The third-order valence-electron chi connectivity index (χ3n) is 2.73. The molecule has 0 N–H and O–H groups in total. The number of halogens is 4. The smallest absolute Gasteiger partial charge is 0.286 e. The van der Waals surface area contributed by atoms with Gasteiger partial charge in [0.2, 0.25) is 0 Å². The summed E-state index contributed by atoms with van der Waals surface area (Å²) < 4.78 is 39.0. The molecule has 0 aliphatic carbocycles. The fourth-order valence-corrected chi connectivity index (χ4v) is 3.13. The van der Waals surface area contributed by atoms with Crippen LogP contribution in [0.4, 0.5) is 13.2 Å². The molecule has 0 aromatic carbocycles. The third-order valence-corrected chi connectivity index (χ3v) is 3.75. The van der Waals surface area contributed by atoms with Crippen LogP contribution < -0.4 is 0 Å². The van der Waals surface area contributed by atoms with Gasteiger partial charge in [-0.1, -0.05) is 0 Å². The fourth-order valence-electron chi connectivity index (χ4n) is 1.98. The summed E-state index contributed by atoms with van der Waals surface area (Å²) in [4.78, 5) is 1.49. The second-order valence-corrected chi connectivity index (χ2v) is 5.27. The van der Waals surface area contributed by atoms with Crippen molar-refractivity contribution in [2.45, 2.75) is 12.2 Å². The van der Waals surface area contributed by atoms with Gasteiger partial charge in [0.1, 0.15) is 0 Å². The maximum Gasteiger partial charge on any atom is 0.401 e. The van der Waals surface area contributed by atoms with E-state index in [4.69, 9.17) is 0 Å². The quantitative estimate of drug-likeness (QED) is 0.837. The summed E-state index contributed by atoms with van der Waals surface area (Å²) in [6.45, 7) is -0.364. The predicted molar refractivity (Wildman–Crippen MR) is 68.2 cm³/mol. The number of nitrogens with zero attached hydrogens (tertiary/aromatic N) is 3. The highest BCUT2D eigenvalue weighted by Crippen LogP contribution is 2.31. The Hall–Kier alpha value is -0.400. The topological polar surface area (TPSA) is 21.1 Å². The lowest BCUT2D eigenvalue weighted by Crippen LogP contribution is -2.42. The molecular formula is C10H15ClF3N3S. The monoisotopic (exact) mass is 301 g/mol. The number of thioether (sulfide) groups is 1.